The second kappa shape index (κ2) is 11.2. The molecule has 2 aliphatic heterocycles. The summed E-state index contributed by atoms with van der Waals surface area (Å²) in [5.74, 6) is -0.207. The number of rotatable bonds is 8. The Bertz CT molecular complexity index is 866. The number of likely N-dealkylation sites (tertiary alicyclic amines) is 2. The zero-order valence-corrected chi connectivity index (χ0v) is 18.6. The van der Waals surface area contributed by atoms with Crippen LogP contribution in [0.15, 0.2) is 60.7 Å². The topological polar surface area (TPSA) is 61.9 Å². The Morgan fingerprint density at radius 3 is 2.31 bits per heavy atom. The van der Waals surface area contributed by atoms with Crippen molar-refractivity contribution in [3.8, 4) is 0 Å². The molecule has 2 saturated heterocycles. The lowest BCUT2D eigenvalue weighted by Crippen LogP contribution is -2.50. The third kappa shape index (κ3) is 5.96. The lowest BCUT2D eigenvalue weighted by molar-refractivity contribution is -0.131. The Hall–Kier alpha value is -2.70. The van der Waals surface area contributed by atoms with Crippen LogP contribution in [0.3, 0.4) is 0 Å². The number of nitrogens with zero attached hydrogens (tertiary/aromatic N) is 2. The molecule has 2 aromatic rings. The molecule has 170 valence electrons. The lowest BCUT2D eigenvalue weighted by atomic mass is 10.0. The number of amides is 2. The van der Waals surface area contributed by atoms with Gasteiger partial charge in [-0.05, 0) is 49.9 Å². The maximum Gasteiger partial charge on any atom is 0.251 e. The summed E-state index contributed by atoms with van der Waals surface area (Å²) in [5, 5.41) is 2.75. The van der Waals surface area contributed by atoms with Crippen molar-refractivity contribution in [3.05, 3.63) is 71.8 Å². The Labute approximate surface area is 190 Å². The van der Waals surface area contributed by atoms with Gasteiger partial charge in [-0.15, -0.1) is 0 Å². The molecule has 4 rings (SSSR count). The van der Waals surface area contributed by atoms with Crippen LogP contribution in [0.2, 0.25) is 0 Å². The summed E-state index contributed by atoms with van der Waals surface area (Å²) < 4.78 is 6.03. The molecule has 0 aromatic heterocycles. The first-order valence-electron chi connectivity index (χ1n) is 11.7. The maximum absolute atomic E-state index is 12.6. The predicted molar refractivity (Wildman–Crippen MR) is 124 cm³/mol. The molecule has 2 fully saturated rings. The van der Waals surface area contributed by atoms with E-state index in [4.69, 9.17) is 4.74 Å². The third-order valence-electron chi connectivity index (χ3n) is 6.57. The van der Waals surface area contributed by atoms with Gasteiger partial charge in [0.2, 0.25) is 5.91 Å². The fourth-order valence-electron chi connectivity index (χ4n) is 4.81. The molecule has 2 amide bonds. The van der Waals surface area contributed by atoms with E-state index in [1.165, 1.54) is 18.4 Å². The molecule has 6 nitrogen and oxygen atoms in total. The van der Waals surface area contributed by atoms with Crippen LogP contribution in [0, 0.1) is 0 Å². The molecule has 2 aliphatic rings. The Kier molecular flexibility index (Phi) is 7.91. The van der Waals surface area contributed by atoms with Crippen LogP contribution in [-0.2, 0) is 16.1 Å². The number of carbonyl (C=O) groups is 2. The minimum atomic E-state index is -0.204. The first kappa shape index (κ1) is 22.5. The van der Waals surface area contributed by atoms with Crippen molar-refractivity contribution in [3.63, 3.8) is 0 Å². The molecular formula is C26H33N3O3. The fourth-order valence-corrected chi connectivity index (χ4v) is 4.81. The molecular weight excluding hydrogens is 402 g/mol. The van der Waals surface area contributed by atoms with Gasteiger partial charge >= 0.3 is 0 Å². The summed E-state index contributed by atoms with van der Waals surface area (Å²) in [6.45, 7) is 4.09. The second-order valence-electron chi connectivity index (χ2n) is 8.70. The largest absolute Gasteiger partial charge is 0.375 e. The van der Waals surface area contributed by atoms with Gasteiger partial charge < -0.3 is 15.0 Å². The van der Waals surface area contributed by atoms with Crippen molar-refractivity contribution in [2.45, 2.75) is 44.4 Å². The normalized spacial score (nSPS) is 19.8. The molecule has 6 heteroatoms. The van der Waals surface area contributed by atoms with Gasteiger partial charge in [-0.25, -0.2) is 0 Å². The lowest BCUT2D eigenvalue weighted by Gasteiger charge is -2.39. The number of hydrogen-bond donors (Lipinski definition) is 1. The molecule has 0 aliphatic carbocycles. The van der Waals surface area contributed by atoms with Crippen molar-refractivity contribution in [2.75, 3.05) is 32.8 Å². The van der Waals surface area contributed by atoms with Gasteiger partial charge in [0.25, 0.3) is 5.91 Å². The maximum atomic E-state index is 12.6. The summed E-state index contributed by atoms with van der Waals surface area (Å²) in [7, 11) is 0. The molecule has 0 saturated carbocycles. The molecule has 2 aromatic carbocycles. The van der Waals surface area contributed by atoms with E-state index < -0.39 is 0 Å². The summed E-state index contributed by atoms with van der Waals surface area (Å²) in [4.78, 5) is 29.2. The van der Waals surface area contributed by atoms with E-state index in [1.54, 1.807) is 12.1 Å². The van der Waals surface area contributed by atoms with Gasteiger partial charge in [-0.2, -0.15) is 0 Å². The molecule has 1 unspecified atom stereocenters. The van der Waals surface area contributed by atoms with Gasteiger partial charge in [0.15, 0.2) is 0 Å². The first-order valence-corrected chi connectivity index (χ1v) is 11.7. The van der Waals surface area contributed by atoms with Crippen molar-refractivity contribution in [1.29, 1.82) is 0 Å². The number of ether oxygens (including phenoxy) is 1. The van der Waals surface area contributed by atoms with Gasteiger partial charge in [-0.3, -0.25) is 14.5 Å². The molecule has 1 N–H and O–H groups in total. The van der Waals surface area contributed by atoms with Crippen LogP contribution < -0.4 is 5.32 Å². The zero-order valence-electron chi connectivity index (χ0n) is 18.6. The van der Waals surface area contributed by atoms with Crippen LogP contribution in [0.1, 0.15) is 41.6 Å². The highest BCUT2D eigenvalue weighted by atomic mass is 16.5. The quantitative estimate of drug-likeness (QED) is 0.692. The average Bonchev–Trinajstić information content (AvgIpc) is 3.32. The minimum Gasteiger partial charge on any atom is -0.375 e. The van der Waals surface area contributed by atoms with Gasteiger partial charge in [0.05, 0.1) is 19.8 Å². The predicted octanol–water partition coefficient (Wildman–Crippen LogP) is 3.09. The van der Waals surface area contributed by atoms with Crippen molar-refractivity contribution < 1.29 is 14.3 Å². The Balaban J connectivity index is 1.18. The Morgan fingerprint density at radius 1 is 0.906 bits per heavy atom. The Morgan fingerprint density at radius 2 is 1.59 bits per heavy atom. The van der Waals surface area contributed by atoms with E-state index >= 15 is 0 Å². The summed E-state index contributed by atoms with van der Waals surface area (Å²) in [6.07, 6.45) is 4.35. The van der Waals surface area contributed by atoms with Crippen molar-refractivity contribution in [2.24, 2.45) is 0 Å². The smallest absolute Gasteiger partial charge is 0.251 e. The molecule has 32 heavy (non-hydrogen) atoms. The standard InChI is InChI=1S/C26H33N3O3/c30-25(18-27-26(31)22-10-5-2-6-11-22)28-16-13-23(14-17-28)29-15-7-12-24(29)20-32-19-21-8-3-1-4-9-21/h1-6,8-11,23-24H,7,12-20H2,(H,27,31). The van der Waals surface area contributed by atoms with Crippen LogP contribution in [0.4, 0.5) is 0 Å². The number of piperidine rings is 1. The molecule has 2 heterocycles. The van der Waals surface area contributed by atoms with Gasteiger partial charge in [0.1, 0.15) is 0 Å². The second-order valence-corrected chi connectivity index (χ2v) is 8.70. The van der Waals surface area contributed by atoms with Gasteiger partial charge in [-0.1, -0.05) is 48.5 Å². The molecule has 0 bridgehead atoms. The van der Waals surface area contributed by atoms with E-state index in [-0.39, 0.29) is 18.4 Å². The van der Waals surface area contributed by atoms with Crippen molar-refractivity contribution >= 4 is 11.8 Å². The van der Waals surface area contributed by atoms with Gasteiger partial charge in [0, 0.05) is 30.7 Å². The highest BCUT2D eigenvalue weighted by molar-refractivity contribution is 5.96. The molecule has 1 atom stereocenters. The van der Waals surface area contributed by atoms with Crippen LogP contribution in [0.25, 0.3) is 0 Å². The summed E-state index contributed by atoms with van der Waals surface area (Å²) in [5.41, 5.74) is 1.79. The van der Waals surface area contributed by atoms with Crippen molar-refractivity contribution in [1.82, 2.24) is 15.1 Å². The monoisotopic (exact) mass is 435 g/mol. The van der Waals surface area contributed by atoms with Crippen LogP contribution in [0.5, 0.6) is 0 Å². The number of hydrogen-bond acceptors (Lipinski definition) is 4. The SMILES string of the molecule is O=C(NCC(=O)N1CCC(N2CCCC2COCc2ccccc2)CC1)c1ccccc1. The average molecular weight is 436 g/mol. The summed E-state index contributed by atoms with van der Waals surface area (Å²) >= 11 is 0. The number of nitrogens with one attached hydrogen (secondary N) is 1. The van der Waals surface area contributed by atoms with E-state index in [9.17, 15) is 9.59 Å². The first-order chi connectivity index (χ1) is 15.7. The van der Waals surface area contributed by atoms with Crippen LogP contribution in [-0.4, -0.2) is 66.5 Å². The fraction of sp³-hybridized carbons (Fsp3) is 0.462. The van der Waals surface area contributed by atoms with E-state index in [0.717, 1.165) is 39.1 Å². The van der Waals surface area contributed by atoms with E-state index in [0.29, 0.717) is 24.3 Å². The molecule has 0 radical (unpaired) electrons. The third-order valence-corrected chi connectivity index (χ3v) is 6.57. The molecule has 0 spiro atoms. The minimum absolute atomic E-state index is 0.00287. The van der Waals surface area contributed by atoms with E-state index in [2.05, 4.69) is 22.3 Å². The number of benzene rings is 2. The number of carbonyl (C=O) groups excluding carboxylic acids is 2. The summed E-state index contributed by atoms with van der Waals surface area (Å²) in [6, 6.07) is 20.3. The zero-order chi connectivity index (χ0) is 22.2. The van der Waals surface area contributed by atoms with E-state index in [1.807, 2.05) is 41.3 Å². The van der Waals surface area contributed by atoms with Crippen LogP contribution >= 0.6 is 0 Å². The highest BCUT2D eigenvalue weighted by Crippen LogP contribution is 2.26. The highest BCUT2D eigenvalue weighted by Gasteiger charge is 2.33.